The fourth-order valence-electron chi connectivity index (χ4n) is 2.59. The predicted molar refractivity (Wildman–Crippen MR) is 87.6 cm³/mol. The molecule has 2 aromatic rings. The molecule has 1 aliphatic heterocycles. The van der Waals surface area contributed by atoms with Crippen LogP contribution in [0.5, 0.6) is 5.75 Å². The van der Waals surface area contributed by atoms with E-state index in [0.717, 1.165) is 30.0 Å². The van der Waals surface area contributed by atoms with Gasteiger partial charge >= 0.3 is 0 Å². The third-order valence-corrected chi connectivity index (χ3v) is 3.72. The van der Waals surface area contributed by atoms with Gasteiger partial charge in [0.25, 0.3) is 5.91 Å². The number of rotatable bonds is 5. The van der Waals surface area contributed by atoms with E-state index in [-0.39, 0.29) is 5.91 Å². The van der Waals surface area contributed by atoms with Crippen molar-refractivity contribution in [3.63, 3.8) is 0 Å². The summed E-state index contributed by atoms with van der Waals surface area (Å²) in [6.07, 6.45) is 0.979. The van der Waals surface area contributed by atoms with Crippen molar-refractivity contribution < 1.29 is 9.53 Å². The molecule has 0 aliphatic carbocycles. The van der Waals surface area contributed by atoms with Gasteiger partial charge in [-0.15, -0.1) is 0 Å². The van der Waals surface area contributed by atoms with Gasteiger partial charge in [0.2, 0.25) is 0 Å². The minimum atomic E-state index is -0.0532. The van der Waals surface area contributed by atoms with Crippen molar-refractivity contribution in [3.05, 3.63) is 59.2 Å². The highest BCUT2D eigenvalue weighted by Crippen LogP contribution is 2.22. The van der Waals surface area contributed by atoms with Gasteiger partial charge < -0.3 is 15.4 Å². The maximum Gasteiger partial charge on any atom is 0.251 e. The number of nitrogens with one attached hydrogen (secondary N) is 2. The quantitative estimate of drug-likeness (QED) is 0.834. The first-order valence-corrected chi connectivity index (χ1v) is 7.57. The van der Waals surface area contributed by atoms with Crippen LogP contribution >= 0.6 is 0 Å². The minimum Gasteiger partial charge on any atom is -0.492 e. The molecule has 0 unspecified atom stereocenters. The molecule has 0 atom stereocenters. The molecule has 0 aromatic heterocycles. The fraction of sp³-hybridized carbons (Fsp3) is 0.278. The number of carbonyl (C=O) groups is 1. The molecule has 2 N–H and O–H groups in total. The number of anilines is 1. The summed E-state index contributed by atoms with van der Waals surface area (Å²) in [6, 6.07) is 13.7. The first-order valence-electron chi connectivity index (χ1n) is 7.57. The molecule has 0 spiro atoms. The molecule has 1 amide bonds. The van der Waals surface area contributed by atoms with E-state index in [0.29, 0.717) is 18.7 Å². The van der Waals surface area contributed by atoms with E-state index in [1.54, 1.807) is 0 Å². The molecule has 4 nitrogen and oxygen atoms in total. The number of amides is 1. The molecule has 0 radical (unpaired) electrons. The molecule has 1 aliphatic rings. The largest absolute Gasteiger partial charge is 0.492 e. The van der Waals surface area contributed by atoms with Crippen molar-refractivity contribution in [2.45, 2.75) is 13.3 Å². The lowest BCUT2D eigenvalue weighted by Crippen LogP contribution is -2.28. The molecule has 0 saturated heterocycles. The van der Waals surface area contributed by atoms with Crippen LogP contribution in [0.25, 0.3) is 0 Å². The zero-order chi connectivity index (χ0) is 15.4. The van der Waals surface area contributed by atoms with E-state index in [1.165, 1.54) is 5.56 Å². The zero-order valence-corrected chi connectivity index (χ0v) is 12.7. The van der Waals surface area contributed by atoms with Gasteiger partial charge in [0, 0.05) is 17.8 Å². The van der Waals surface area contributed by atoms with Crippen molar-refractivity contribution >= 4 is 11.6 Å². The molecule has 2 aromatic carbocycles. The number of ether oxygens (including phenoxy) is 1. The third kappa shape index (κ3) is 3.39. The summed E-state index contributed by atoms with van der Waals surface area (Å²) in [5.41, 5.74) is 4.22. The summed E-state index contributed by atoms with van der Waals surface area (Å²) in [7, 11) is 0. The maximum atomic E-state index is 12.1. The zero-order valence-electron chi connectivity index (χ0n) is 12.7. The molecule has 0 bridgehead atoms. The second-order valence-corrected chi connectivity index (χ2v) is 5.47. The van der Waals surface area contributed by atoms with Gasteiger partial charge in [-0.2, -0.15) is 0 Å². The normalized spacial score (nSPS) is 12.4. The van der Waals surface area contributed by atoms with Crippen LogP contribution in [0.1, 0.15) is 21.5 Å². The van der Waals surface area contributed by atoms with E-state index in [9.17, 15) is 4.79 Å². The van der Waals surface area contributed by atoms with Crippen LogP contribution in [0, 0.1) is 6.92 Å². The van der Waals surface area contributed by atoms with E-state index >= 15 is 0 Å². The third-order valence-electron chi connectivity index (χ3n) is 3.72. The van der Waals surface area contributed by atoms with E-state index in [2.05, 4.69) is 10.6 Å². The Kier molecular flexibility index (Phi) is 4.28. The summed E-state index contributed by atoms with van der Waals surface area (Å²) in [5, 5.41) is 6.18. The molecule has 0 saturated carbocycles. The van der Waals surface area contributed by atoms with Gasteiger partial charge in [-0.1, -0.05) is 12.1 Å². The van der Waals surface area contributed by atoms with Gasteiger partial charge in [0.05, 0.1) is 6.54 Å². The van der Waals surface area contributed by atoms with Crippen molar-refractivity contribution in [3.8, 4) is 5.75 Å². The SMILES string of the molecule is Cc1cccc(OCCNC(=O)c2ccc3c(c2)CCN3)c1. The Morgan fingerprint density at radius 3 is 3.05 bits per heavy atom. The topological polar surface area (TPSA) is 50.4 Å². The highest BCUT2D eigenvalue weighted by Gasteiger charge is 2.13. The Labute approximate surface area is 130 Å². The Morgan fingerprint density at radius 1 is 1.27 bits per heavy atom. The van der Waals surface area contributed by atoms with Crippen LogP contribution in [0.4, 0.5) is 5.69 Å². The minimum absolute atomic E-state index is 0.0532. The highest BCUT2D eigenvalue weighted by atomic mass is 16.5. The molecule has 1 heterocycles. The Bertz CT molecular complexity index is 683. The maximum absolute atomic E-state index is 12.1. The summed E-state index contributed by atoms with van der Waals surface area (Å²) in [6.45, 7) is 3.92. The van der Waals surface area contributed by atoms with Crippen LogP contribution in [0.15, 0.2) is 42.5 Å². The van der Waals surface area contributed by atoms with E-state index in [4.69, 9.17) is 4.74 Å². The molecular weight excluding hydrogens is 276 g/mol. The lowest BCUT2D eigenvalue weighted by Gasteiger charge is -2.09. The van der Waals surface area contributed by atoms with Crippen LogP contribution in [0.2, 0.25) is 0 Å². The Hall–Kier alpha value is -2.49. The van der Waals surface area contributed by atoms with Crippen LogP contribution in [0.3, 0.4) is 0 Å². The number of fused-ring (bicyclic) bond motifs is 1. The lowest BCUT2D eigenvalue weighted by molar-refractivity contribution is 0.0947. The number of hydrogen-bond acceptors (Lipinski definition) is 3. The van der Waals surface area contributed by atoms with Crippen molar-refractivity contribution in [1.82, 2.24) is 5.32 Å². The van der Waals surface area contributed by atoms with E-state index < -0.39 is 0 Å². The number of aryl methyl sites for hydroxylation is 1. The molecule has 114 valence electrons. The van der Waals surface area contributed by atoms with Gasteiger partial charge in [-0.3, -0.25) is 4.79 Å². The van der Waals surface area contributed by atoms with E-state index in [1.807, 2.05) is 49.4 Å². The van der Waals surface area contributed by atoms with Gasteiger partial charge in [0.1, 0.15) is 12.4 Å². The molecule has 0 fully saturated rings. The summed E-state index contributed by atoms with van der Waals surface area (Å²) < 4.78 is 5.62. The summed E-state index contributed by atoms with van der Waals surface area (Å²) in [4.78, 5) is 12.1. The summed E-state index contributed by atoms with van der Waals surface area (Å²) >= 11 is 0. The van der Waals surface area contributed by atoms with Gasteiger partial charge in [-0.25, -0.2) is 0 Å². The first-order chi connectivity index (χ1) is 10.7. The second-order valence-electron chi connectivity index (χ2n) is 5.47. The number of hydrogen-bond donors (Lipinski definition) is 2. The van der Waals surface area contributed by atoms with Gasteiger partial charge in [-0.05, 0) is 54.8 Å². The molecule has 3 rings (SSSR count). The highest BCUT2D eigenvalue weighted by molar-refractivity contribution is 5.95. The van der Waals surface area contributed by atoms with Crippen LogP contribution in [-0.4, -0.2) is 25.6 Å². The molecule has 4 heteroatoms. The fourth-order valence-corrected chi connectivity index (χ4v) is 2.59. The summed E-state index contributed by atoms with van der Waals surface area (Å²) in [5.74, 6) is 0.778. The Balaban J connectivity index is 1.48. The van der Waals surface area contributed by atoms with Crippen LogP contribution < -0.4 is 15.4 Å². The van der Waals surface area contributed by atoms with Crippen molar-refractivity contribution in [2.24, 2.45) is 0 Å². The standard InChI is InChI=1S/C18H20N2O2/c1-13-3-2-4-16(11-13)22-10-9-20-18(21)15-5-6-17-14(12-15)7-8-19-17/h2-6,11-12,19H,7-10H2,1H3,(H,20,21). The molecular formula is C18H20N2O2. The number of carbonyl (C=O) groups excluding carboxylic acids is 1. The van der Waals surface area contributed by atoms with Crippen LogP contribution in [-0.2, 0) is 6.42 Å². The van der Waals surface area contributed by atoms with Gasteiger partial charge in [0.15, 0.2) is 0 Å². The monoisotopic (exact) mass is 296 g/mol. The van der Waals surface area contributed by atoms with Crippen molar-refractivity contribution in [2.75, 3.05) is 25.0 Å². The molecule has 22 heavy (non-hydrogen) atoms. The average Bonchev–Trinajstić information content (AvgIpc) is 2.99. The number of benzene rings is 2. The lowest BCUT2D eigenvalue weighted by atomic mass is 10.1. The average molecular weight is 296 g/mol. The first kappa shape index (κ1) is 14.4. The second kappa shape index (κ2) is 6.52. The van der Waals surface area contributed by atoms with Crippen molar-refractivity contribution in [1.29, 1.82) is 0 Å². The smallest absolute Gasteiger partial charge is 0.251 e. The Morgan fingerprint density at radius 2 is 2.18 bits per heavy atom. The predicted octanol–water partition coefficient (Wildman–Crippen LogP) is 2.77.